The number of rotatable bonds is 3. The first-order valence-electron chi connectivity index (χ1n) is 7.78. The Hall–Kier alpha value is -2.06. The van der Waals surface area contributed by atoms with E-state index in [2.05, 4.69) is 53.1 Å². The van der Waals surface area contributed by atoms with Gasteiger partial charge in [-0.15, -0.1) is 0 Å². The molecule has 0 spiro atoms. The van der Waals surface area contributed by atoms with Crippen molar-refractivity contribution in [3.8, 4) is 11.3 Å². The Morgan fingerprint density at radius 2 is 1.76 bits per heavy atom. The highest BCUT2D eigenvalue weighted by Crippen LogP contribution is 2.39. The summed E-state index contributed by atoms with van der Waals surface area (Å²) < 4.78 is 2.48. The van der Waals surface area contributed by atoms with Gasteiger partial charge in [0.2, 0.25) is 0 Å². The molecule has 2 nitrogen and oxygen atoms in total. The lowest BCUT2D eigenvalue weighted by molar-refractivity contribution is 0.671. The van der Waals surface area contributed by atoms with Crippen LogP contribution in [0.2, 0.25) is 0 Å². The summed E-state index contributed by atoms with van der Waals surface area (Å²) in [5.41, 5.74) is 12.9. The number of nitrogens with two attached hydrogens (primary N) is 1. The summed E-state index contributed by atoms with van der Waals surface area (Å²) in [7, 11) is 0. The van der Waals surface area contributed by atoms with Crippen molar-refractivity contribution in [3.05, 3.63) is 59.7 Å². The van der Waals surface area contributed by atoms with Gasteiger partial charge in [-0.1, -0.05) is 42.5 Å². The summed E-state index contributed by atoms with van der Waals surface area (Å²) in [5, 5.41) is 1.42. The van der Waals surface area contributed by atoms with Crippen molar-refractivity contribution in [3.63, 3.8) is 0 Å². The van der Waals surface area contributed by atoms with Gasteiger partial charge in [0.15, 0.2) is 0 Å². The first-order valence-corrected chi connectivity index (χ1v) is 7.78. The van der Waals surface area contributed by atoms with E-state index in [9.17, 15) is 0 Å². The van der Waals surface area contributed by atoms with Crippen molar-refractivity contribution in [1.82, 2.24) is 4.57 Å². The Labute approximate surface area is 125 Å². The van der Waals surface area contributed by atoms with E-state index < -0.39 is 0 Å². The predicted molar refractivity (Wildman–Crippen MR) is 88.5 cm³/mol. The monoisotopic (exact) mass is 276 g/mol. The fourth-order valence-corrected chi connectivity index (χ4v) is 3.65. The number of benzene rings is 2. The predicted octanol–water partition coefficient (Wildman–Crippen LogP) is 3.76. The molecule has 1 aliphatic rings. The van der Waals surface area contributed by atoms with E-state index >= 15 is 0 Å². The first kappa shape index (κ1) is 12.7. The molecular weight excluding hydrogens is 256 g/mol. The second-order valence-electron chi connectivity index (χ2n) is 5.80. The van der Waals surface area contributed by atoms with Gasteiger partial charge in [0, 0.05) is 23.0 Å². The minimum atomic E-state index is 0.739. The molecule has 21 heavy (non-hydrogen) atoms. The van der Waals surface area contributed by atoms with Crippen LogP contribution in [0.5, 0.6) is 0 Å². The second kappa shape index (κ2) is 5.05. The molecule has 0 amide bonds. The zero-order valence-electron chi connectivity index (χ0n) is 12.2. The topological polar surface area (TPSA) is 30.9 Å². The Balaban J connectivity index is 2.03. The maximum absolute atomic E-state index is 5.75. The third kappa shape index (κ3) is 1.90. The number of aromatic nitrogens is 1. The van der Waals surface area contributed by atoms with Crippen molar-refractivity contribution < 1.29 is 0 Å². The normalized spacial score (nSPS) is 13.2. The summed E-state index contributed by atoms with van der Waals surface area (Å²) in [6, 6.07) is 17.6. The van der Waals surface area contributed by atoms with Crippen LogP contribution < -0.4 is 5.73 Å². The van der Waals surface area contributed by atoms with Gasteiger partial charge in [-0.05, 0) is 43.0 Å². The highest BCUT2D eigenvalue weighted by molar-refractivity contribution is 5.93. The molecule has 106 valence electrons. The van der Waals surface area contributed by atoms with Crippen LogP contribution in [0, 0.1) is 0 Å². The summed E-state index contributed by atoms with van der Waals surface area (Å²) in [6.45, 7) is 1.74. The van der Waals surface area contributed by atoms with Crippen molar-refractivity contribution in [1.29, 1.82) is 0 Å². The third-order valence-electron chi connectivity index (χ3n) is 4.58. The summed E-state index contributed by atoms with van der Waals surface area (Å²) >= 11 is 0. The molecule has 1 aliphatic carbocycles. The Kier molecular flexibility index (Phi) is 3.04. The van der Waals surface area contributed by atoms with Crippen molar-refractivity contribution in [2.45, 2.75) is 25.8 Å². The van der Waals surface area contributed by atoms with Gasteiger partial charge in [-0.25, -0.2) is 0 Å². The zero-order valence-corrected chi connectivity index (χ0v) is 12.2. The lowest BCUT2D eigenvalue weighted by atomic mass is 9.89. The van der Waals surface area contributed by atoms with Gasteiger partial charge in [0.1, 0.15) is 0 Å². The Morgan fingerprint density at radius 1 is 0.952 bits per heavy atom. The summed E-state index contributed by atoms with van der Waals surface area (Å²) in [5.74, 6) is 0. The van der Waals surface area contributed by atoms with Crippen LogP contribution in [0.15, 0.2) is 48.5 Å². The highest BCUT2D eigenvalue weighted by Gasteiger charge is 2.23. The summed E-state index contributed by atoms with van der Waals surface area (Å²) in [6.07, 6.45) is 3.31. The van der Waals surface area contributed by atoms with Crippen LogP contribution in [0.3, 0.4) is 0 Å². The van der Waals surface area contributed by atoms with Crippen LogP contribution in [0.25, 0.3) is 22.2 Å². The number of para-hydroxylation sites is 1. The maximum atomic E-state index is 5.75. The molecule has 4 rings (SSSR count). The lowest BCUT2D eigenvalue weighted by Gasteiger charge is -2.20. The molecule has 3 aromatic rings. The quantitative estimate of drug-likeness (QED) is 0.776. The Morgan fingerprint density at radius 3 is 2.67 bits per heavy atom. The van der Waals surface area contributed by atoms with Crippen LogP contribution in [-0.2, 0) is 19.4 Å². The number of fused-ring (bicyclic) bond motifs is 5. The molecule has 0 unspecified atom stereocenters. The molecular formula is C19H20N2. The van der Waals surface area contributed by atoms with Crippen LogP contribution in [-0.4, -0.2) is 11.1 Å². The molecule has 0 atom stereocenters. The standard InChI is InChI=1S/C19H20N2/c20-12-5-13-21-18-9-4-3-8-16(18)17-11-10-14-6-1-2-7-15(14)19(17)21/h1-4,6-9H,5,10-13,20H2. The smallest absolute Gasteiger partial charge is 0.0526 e. The van der Waals surface area contributed by atoms with Crippen LogP contribution in [0.4, 0.5) is 0 Å². The largest absolute Gasteiger partial charge is 0.340 e. The van der Waals surface area contributed by atoms with Crippen molar-refractivity contribution in [2.75, 3.05) is 6.54 Å². The molecule has 0 saturated heterocycles. The van der Waals surface area contributed by atoms with Crippen molar-refractivity contribution >= 4 is 10.9 Å². The zero-order chi connectivity index (χ0) is 14.2. The molecule has 2 heteroatoms. The fourth-order valence-electron chi connectivity index (χ4n) is 3.65. The average Bonchev–Trinajstić information content (AvgIpc) is 2.87. The van der Waals surface area contributed by atoms with Gasteiger partial charge in [-0.3, -0.25) is 0 Å². The molecule has 2 N–H and O–H groups in total. The SMILES string of the molecule is NCCCn1c2c(c3ccccc31)CCc1ccccc1-2. The molecule has 0 aliphatic heterocycles. The van der Waals surface area contributed by atoms with E-state index in [0.29, 0.717) is 0 Å². The second-order valence-corrected chi connectivity index (χ2v) is 5.80. The average molecular weight is 276 g/mol. The van der Waals surface area contributed by atoms with E-state index in [1.165, 1.54) is 33.3 Å². The number of aryl methyl sites for hydroxylation is 3. The first-order chi connectivity index (χ1) is 10.4. The molecule has 2 aromatic carbocycles. The summed E-state index contributed by atoms with van der Waals surface area (Å²) in [4.78, 5) is 0. The minimum absolute atomic E-state index is 0.739. The minimum Gasteiger partial charge on any atom is -0.340 e. The highest BCUT2D eigenvalue weighted by atomic mass is 15.0. The van der Waals surface area contributed by atoms with E-state index in [0.717, 1.165) is 32.4 Å². The van der Waals surface area contributed by atoms with Gasteiger partial charge < -0.3 is 10.3 Å². The van der Waals surface area contributed by atoms with Gasteiger partial charge in [0.25, 0.3) is 0 Å². The van der Waals surface area contributed by atoms with Crippen LogP contribution >= 0.6 is 0 Å². The number of hydrogen-bond acceptors (Lipinski definition) is 1. The number of nitrogens with zero attached hydrogens (tertiary/aromatic N) is 1. The van der Waals surface area contributed by atoms with Crippen LogP contribution in [0.1, 0.15) is 17.5 Å². The third-order valence-corrected chi connectivity index (χ3v) is 4.58. The van der Waals surface area contributed by atoms with E-state index in [4.69, 9.17) is 5.73 Å². The maximum Gasteiger partial charge on any atom is 0.0526 e. The molecule has 0 bridgehead atoms. The molecule has 0 saturated carbocycles. The van der Waals surface area contributed by atoms with Gasteiger partial charge in [-0.2, -0.15) is 0 Å². The fraction of sp³-hybridized carbons (Fsp3) is 0.263. The molecule has 1 aromatic heterocycles. The lowest BCUT2D eigenvalue weighted by Crippen LogP contribution is -2.10. The Bertz CT molecular complexity index is 798. The van der Waals surface area contributed by atoms with E-state index in [-0.39, 0.29) is 0 Å². The molecule has 0 fully saturated rings. The molecule has 1 heterocycles. The molecule has 0 radical (unpaired) electrons. The van der Waals surface area contributed by atoms with E-state index in [1.54, 1.807) is 0 Å². The number of hydrogen-bond donors (Lipinski definition) is 1. The van der Waals surface area contributed by atoms with E-state index in [1.807, 2.05) is 0 Å². The van der Waals surface area contributed by atoms with Crippen molar-refractivity contribution in [2.24, 2.45) is 5.73 Å². The van der Waals surface area contributed by atoms with Gasteiger partial charge in [0.05, 0.1) is 5.69 Å². The van der Waals surface area contributed by atoms with Gasteiger partial charge >= 0.3 is 0 Å².